The number of ether oxygens (including phenoxy) is 4. The first-order valence-electron chi connectivity index (χ1n) is 17.4. The Kier molecular flexibility index (Phi) is 10.5. The molecule has 5 aliphatic rings. The molecule has 1 heterocycles. The summed E-state index contributed by atoms with van der Waals surface area (Å²) in [6.07, 6.45) is 13.5. The number of esters is 2. The van der Waals surface area contributed by atoms with Crippen molar-refractivity contribution in [2.24, 2.45) is 39.7 Å². The lowest BCUT2D eigenvalue weighted by Crippen LogP contribution is -2.51. The Labute approximate surface area is 293 Å². The zero-order valence-electron chi connectivity index (χ0n) is 28.4. The maximum Gasteiger partial charge on any atom is 0.303 e. The van der Waals surface area contributed by atoms with Crippen molar-refractivity contribution in [3.8, 4) is 0 Å². The van der Waals surface area contributed by atoms with Crippen LogP contribution in [-0.4, -0.2) is 48.9 Å². The van der Waals surface area contributed by atoms with Gasteiger partial charge in [0.05, 0.1) is 11.8 Å². The van der Waals surface area contributed by atoms with E-state index in [0.717, 1.165) is 37.0 Å². The number of halogens is 1. The van der Waals surface area contributed by atoms with E-state index < -0.39 is 30.4 Å². The number of allylic oxidation sites excluding steroid dienone is 1. The van der Waals surface area contributed by atoms with Gasteiger partial charge in [0.1, 0.15) is 25.4 Å². The molecule has 0 bridgehead atoms. The van der Waals surface area contributed by atoms with Gasteiger partial charge < -0.3 is 23.8 Å². The van der Waals surface area contributed by atoms with E-state index in [9.17, 15) is 9.59 Å². The lowest BCUT2D eigenvalue weighted by molar-refractivity contribution is -0.213. The number of fused-ring (bicyclic) bond motifs is 5. The van der Waals surface area contributed by atoms with Crippen molar-refractivity contribution in [3.05, 3.63) is 57.2 Å². The second-order valence-corrected chi connectivity index (χ2v) is 16.1. The Morgan fingerprint density at radius 2 is 1.77 bits per heavy atom. The molecule has 0 spiro atoms. The lowest BCUT2D eigenvalue weighted by Gasteiger charge is -2.58. The van der Waals surface area contributed by atoms with Gasteiger partial charge in [0, 0.05) is 23.3 Å². The summed E-state index contributed by atoms with van der Waals surface area (Å²) in [6, 6.07) is 8.43. The van der Waals surface area contributed by atoms with Crippen LogP contribution in [0.4, 0.5) is 0 Å². The van der Waals surface area contributed by atoms with Crippen molar-refractivity contribution in [1.82, 2.24) is 0 Å². The van der Waals surface area contributed by atoms with E-state index in [0.29, 0.717) is 30.3 Å². The van der Waals surface area contributed by atoms with Crippen LogP contribution >= 0.6 is 22.6 Å². The van der Waals surface area contributed by atoms with Gasteiger partial charge in [0.25, 0.3) is 0 Å². The third-order valence-corrected chi connectivity index (χ3v) is 12.8. The summed E-state index contributed by atoms with van der Waals surface area (Å²) in [5.74, 6) is 1.76. The lowest BCUT2D eigenvalue weighted by atomic mass is 9.47. The van der Waals surface area contributed by atoms with Gasteiger partial charge in [0.15, 0.2) is 6.29 Å². The molecule has 1 aromatic rings. The molecule has 1 aliphatic heterocycles. The monoisotopic (exact) mass is 759 g/mol. The normalized spacial score (nSPS) is 38.0. The van der Waals surface area contributed by atoms with Crippen LogP contribution in [0.1, 0.15) is 91.5 Å². The summed E-state index contributed by atoms with van der Waals surface area (Å²) in [7, 11) is 0. The summed E-state index contributed by atoms with van der Waals surface area (Å²) in [5, 5.41) is 4.67. The van der Waals surface area contributed by atoms with Gasteiger partial charge in [-0.05, 0) is 139 Å². The van der Waals surface area contributed by atoms with Crippen molar-refractivity contribution in [2.75, 3.05) is 6.61 Å². The highest BCUT2D eigenvalue weighted by Crippen LogP contribution is 2.66. The number of hydrogen-bond acceptors (Lipinski definition) is 8. The highest BCUT2D eigenvalue weighted by molar-refractivity contribution is 14.1. The van der Waals surface area contributed by atoms with Gasteiger partial charge in [-0.1, -0.05) is 42.8 Å². The number of oxime groups is 1. The minimum absolute atomic E-state index is 0.000978. The van der Waals surface area contributed by atoms with E-state index >= 15 is 0 Å². The second-order valence-electron chi connectivity index (χ2n) is 14.9. The molecule has 10 atom stereocenters. The SMILES string of the molecule is CC(=O)OC[C@H]1OC(O[C@H]2CC[C@@]3(C)C(=CCC4C3CC[C@@]3(C)C4CC[C@@H]3/C(C)=N/OCc3ccc(I)cc3)C2)C=C[C@@H]1OC(C)=O. The molecule has 0 saturated heterocycles. The quantitative estimate of drug-likeness (QED) is 0.0831. The van der Waals surface area contributed by atoms with Gasteiger partial charge in [-0.15, -0.1) is 0 Å². The van der Waals surface area contributed by atoms with Crippen molar-refractivity contribution < 1.29 is 33.4 Å². The molecule has 0 amide bonds. The first-order valence-corrected chi connectivity index (χ1v) is 18.4. The number of benzene rings is 1. The molecule has 0 radical (unpaired) electrons. The molecule has 8 nitrogen and oxygen atoms in total. The fraction of sp³-hybridized carbons (Fsp3) is 0.658. The zero-order valence-corrected chi connectivity index (χ0v) is 30.6. The van der Waals surface area contributed by atoms with Crippen LogP contribution in [-0.2, 0) is 40.0 Å². The van der Waals surface area contributed by atoms with Gasteiger partial charge in [-0.25, -0.2) is 0 Å². The van der Waals surface area contributed by atoms with Gasteiger partial charge in [0.2, 0.25) is 0 Å². The van der Waals surface area contributed by atoms with Crippen molar-refractivity contribution in [2.45, 2.75) is 117 Å². The molecule has 3 saturated carbocycles. The number of nitrogens with zero attached hydrogens (tertiary/aromatic N) is 1. The summed E-state index contributed by atoms with van der Waals surface area (Å²) >= 11 is 2.32. The van der Waals surface area contributed by atoms with Crippen LogP contribution in [0.5, 0.6) is 0 Å². The fourth-order valence-electron chi connectivity index (χ4n) is 9.81. The first kappa shape index (κ1) is 34.6. The van der Waals surface area contributed by atoms with Gasteiger partial charge >= 0.3 is 11.9 Å². The molecule has 9 heteroatoms. The molecule has 47 heavy (non-hydrogen) atoms. The summed E-state index contributed by atoms with van der Waals surface area (Å²) < 4.78 is 24.4. The Hall–Kier alpha value is -2.24. The molecule has 0 N–H and O–H groups in total. The highest BCUT2D eigenvalue weighted by atomic mass is 127. The van der Waals surface area contributed by atoms with E-state index in [4.69, 9.17) is 23.8 Å². The predicted molar refractivity (Wildman–Crippen MR) is 187 cm³/mol. The summed E-state index contributed by atoms with van der Waals surface area (Å²) in [4.78, 5) is 28.9. The molecule has 6 rings (SSSR count). The third kappa shape index (κ3) is 7.37. The molecule has 4 aliphatic carbocycles. The summed E-state index contributed by atoms with van der Waals surface area (Å²) in [5.41, 5.74) is 4.31. The zero-order chi connectivity index (χ0) is 33.3. The van der Waals surface area contributed by atoms with Crippen molar-refractivity contribution in [1.29, 1.82) is 0 Å². The largest absolute Gasteiger partial charge is 0.463 e. The van der Waals surface area contributed by atoms with Crippen LogP contribution < -0.4 is 0 Å². The maximum atomic E-state index is 11.6. The fourth-order valence-corrected chi connectivity index (χ4v) is 10.2. The van der Waals surface area contributed by atoms with E-state index in [-0.39, 0.29) is 23.5 Å². The maximum absolute atomic E-state index is 11.6. The molecular weight excluding hydrogens is 709 g/mol. The Morgan fingerprint density at radius 3 is 2.51 bits per heavy atom. The number of hydrogen-bond donors (Lipinski definition) is 0. The predicted octanol–water partition coefficient (Wildman–Crippen LogP) is 7.92. The van der Waals surface area contributed by atoms with Crippen molar-refractivity contribution in [3.63, 3.8) is 0 Å². The van der Waals surface area contributed by atoms with Crippen LogP contribution in [0.25, 0.3) is 0 Å². The Morgan fingerprint density at radius 1 is 0.979 bits per heavy atom. The van der Waals surface area contributed by atoms with E-state index in [2.05, 4.69) is 78.9 Å². The number of carbonyl (C=O) groups excluding carboxylic acids is 2. The highest BCUT2D eigenvalue weighted by Gasteiger charge is 2.59. The van der Waals surface area contributed by atoms with Crippen LogP contribution in [0, 0.1) is 38.1 Å². The average Bonchev–Trinajstić information content (AvgIpc) is 3.39. The summed E-state index contributed by atoms with van der Waals surface area (Å²) in [6.45, 7) is 10.5. The van der Waals surface area contributed by atoms with Gasteiger partial charge in [-0.3, -0.25) is 9.59 Å². The Balaban J connectivity index is 1.08. The molecule has 4 unspecified atom stereocenters. The molecule has 256 valence electrons. The molecule has 1 aromatic carbocycles. The topological polar surface area (TPSA) is 92.7 Å². The standard InChI is InChI=1S/C38H50INO7/c1-23(40-44-21-26-6-9-28(39)10-7-26)31-12-13-32-30-11-8-27-20-29(16-18-37(27,4)33(30)17-19-38(31,32)5)46-36-15-14-34(45-25(3)42)35(47-36)22-43-24(2)41/h6-10,14-15,29-36H,11-13,16-22H2,1-5H3/b40-23+/t29-,30?,31+,32?,33?,34-,35+,36?,37-,38+/m0/s1. The third-order valence-electron chi connectivity index (χ3n) is 12.1. The molecule has 3 fully saturated rings. The first-order chi connectivity index (χ1) is 22.5. The van der Waals surface area contributed by atoms with Gasteiger partial charge in [-0.2, -0.15) is 0 Å². The van der Waals surface area contributed by atoms with Crippen molar-refractivity contribution >= 4 is 40.2 Å². The van der Waals surface area contributed by atoms with Crippen LogP contribution in [0.2, 0.25) is 0 Å². The van der Waals surface area contributed by atoms with E-state index in [1.165, 1.54) is 43.1 Å². The smallest absolute Gasteiger partial charge is 0.303 e. The van der Waals surface area contributed by atoms with Crippen LogP contribution in [0.15, 0.2) is 53.2 Å². The molecular formula is C38H50INO7. The Bertz CT molecular complexity index is 1410. The second kappa shape index (κ2) is 14.3. The number of carbonyl (C=O) groups is 2. The van der Waals surface area contributed by atoms with E-state index in [1.54, 1.807) is 11.6 Å². The minimum Gasteiger partial charge on any atom is -0.463 e. The molecule has 0 aromatic heterocycles. The number of rotatable bonds is 9. The minimum atomic E-state index is -0.618. The van der Waals surface area contributed by atoms with E-state index in [1.807, 2.05) is 6.08 Å². The average molecular weight is 760 g/mol. The van der Waals surface area contributed by atoms with Crippen LogP contribution in [0.3, 0.4) is 0 Å².